The van der Waals surface area contributed by atoms with Crippen LogP contribution in [0.3, 0.4) is 0 Å². The van der Waals surface area contributed by atoms with Crippen molar-refractivity contribution in [1.82, 2.24) is 5.32 Å². The lowest BCUT2D eigenvalue weighted by Gasteiger charge is -2.30. The second kappa shape index (κ2) is 8.36. The number of hydrogen-bond acceptors (Lipinski definition) is 5. The SMILES string of the molecule is COc1cc(NC(=O)C2CNC(=O)N(c3ccc(F)c(Cl)c3)C2=O)cc(OC)c1. The fourth-order valence-corrected chi connectivity index (χ4v) is 2.97. The van der Waals surface area contributed by atoms with Gasteiger partial charge in [-0.2, -0.15) is 0 Å². The monoisotopic (exact) mass is 421 g/mol. The van der Waals surface area contributed by atoms with Gasteiger partial charge < -0.3 is 20.1 Å². The quantitative estimate of drug-likeness (QED) is 0.723. The fourth-order valence-electron chi connectivity index (χ4n) is 2.79. The molecule has 29 heavy (non-hydrogen) atoms. The average Bonchev–Trinajstić information content (AvgIpc) is 2.70. The molecule has 10 heteroatoms. The maximum absolute atomic E-state index is 13.4. The van der Waals surface area contributed by atoms with Gasteiger partial charge in [0.25, 0.3) is 0 Å². The Balaban J connectivity index is 1.83. The molecule has 1 fully saturated rings. The molecule has 0 saturated carbocycles. The maximum Gasteiger partial charge on any atom is 0.328 e. The van der Waals surface area contributed by atoms with Crippen LogP contribution in [-0.2, 0) is 9.59 Å². The van der Waals surface area contributed by atoms with Crippen molar-refractivity contribution >= 4 is 40.8 Å². The smallest absolute Gasteiger partial charge is 0.328 e. The zero-order chi connectivity index (χ0) is 21.1. The van der Waals surface area contributed by atoms with Crippen molar-refractivity contribution in [2.45, 2.75) is 0 Å². The third kappa shape index (κ3) is 4.24. The Morgan fingerprint density at radius 1 is 1.17 bits per heavy atom. The number of benzene rings is 2. The maximum atomic E-state index is 13.4. The molecular weight excluding hydrogens is 405 g/mol. The first kappa shape index (κ1) is 20.4. The predicted molar refractivity (Wildman–Crippen MR) is 104 cm³/mol. The molecule has 0 bridgehead atoms. The molecule has 152 valence electrons. The first-order valence-corrected chi connectivity index (χ1v) is 8.82. The largest absolute Gasteiger partial charge is 0.497 e. The molecule has 0 aromatic heterocycles. The zero-order valence-corrected chi connectivity index (χ0v) is 16.2. The van der Waals surface area contributed by atoms with Crippen LogP contribution in [0.25, 0.3) is 0 Å². The summed E-state index contributed by atoms with van der Waals surface area (Å²) in [6.07, 6.45) is 0. The van der Waals surface area contributed by atoms with Crippen LogP contribution in [0.5, 0.6) is 11.5 Å². The fraction of sp³-hybridized carbons (Fsp3) is 0.211. The van der Waals surface area contributed by atoms with Gasteiger partial charge in [0.15, 0.2) is 0 Å². The molecule has 1 aliphatic heterocycles. The standard InChI is InChI=1S/C19H17ClFN3O5/c1-28-12-5-10(6-13(8-12)29-2)23-17(25)14-9-22-19(27)24(18(14)26)11-3-4-16(21)15(20)7-11/h3-8,14H,9H2,1-2H3,(H,22,27)(H,23,25). The number of halogens is 2. The van der Waals surface area contributed by atoms with Crippen LogP contribution >= 0.6 is 11.6 Å². The third-order valence-electron chi connectivity index (χ3n) is 4.28. The highest BCUT2D eigenvalue weighted by Gasteiger charge is 2.39. The minimum Gasteiger partial charge on any atom is -0.497 e. The number of rotatable bonds is 5. The van der Waals surface area contributed by atoms with E-state index in [1.807, 2.05) is 0 Å². The number of amides is 4. The van der Waals surface area contributed by atoms with Gasteiger partial charge >= 0.3 is 6.03 Å². The zero-order valence-electron chi connectivity index (χ0n) is 15.5. The van der Waals surface area contributed by atoms with Gasteiger partial charge in [0.2, 0.25) is 11.8 Å². The lowest BCUT2D eigenvalue weighted by molar-refractivity contribution is -0.130. The molecule has 2 N–H and O–H groups in total. The summed E-state index contributed by atoms with van der Waals surface area (Å²) in [5.74, 6) is -2.39. The average molecular weight is 422 g/mol. The van der Waals surface area contributed by atoms with Gasteiger partial charge in [0, 0.05) is 30.4 Å². The van der Waals surface area contributed by atoms with Crippen molar-refractivity contribution < 1.29 is 28.2 Å². The number of carbonyl (C=O) groups excluding carboxylic acids is 3. The summed E-state index contributed by atoms with van der Waals surface area (Å²) in [6, 6.07) is 7.41. The molecule has 1 aliphatic rings. The Bertz CT molecular complexity index is 962. The van der Waals surface area contributed by atoms with Crippen LogP contribution in [0.15, 0.2) is 36.4 Å². The molecule has 0 radical (unpaired) electrons. The lowest BCUT2D eigenvalue weighted by atomic mass is 10.0. The van der Waals surface area contributed by atoms with Crippen molar-refractivity contribution in [2.24, 2.45) is 5.92 Å². The lowest BCUT2D eigenvalue weighted by Crippen LogP contribution is -2.58. The van der Waals surface area contributed by atoms with Crippen molar-refractivity contribution in [2.75, 3.05) is 31.0 Å². The van der Waals surface area contributed by atoms with Gasteiger partial charge in [-0.3, -0.25) is 9.59 Å². The summed E-state index contributed by atoms with van der Waals surface area (Å²) in [5, 5.41) is 4.84. The van der Waals surface area contributed by atoms with E-state index in [1.54, 1.807) is 18.2 Å². The van der Waals surface area contributed by atoms with Crippen molar-refractivity contribution in [3.05, 3.63) is 47.2 Å². The highest BCUT2D eigenvalue weighted by Crippen LogP contribution is 2.28. The molecule has 2 aromatic rings. The minimum absolute atomic E-state index is 0.0550. The van der Waals surface area contributed by atoms with Crippen LogP contribution in [0.1, 0.15) is 0 Å². The topological polar surface area (TPSA) is 97.0 Å². The highest BCUT2D eigenvalue weighted by molar-refractivity contribution is 6.31. The Labute approximate surface area is 170 Å². The van der Waals surface area contributed by atoms with Gasteiger partial charge in [-0.1, -0.05) is 11.6 Å². The number of hydrogen-bond donors (Lipinski definition) is 2. The van der Waals surface area contributed by atoms with Crippen LogP contribution in [0.4, 0.5) is 20.6 Å². The minimum atomic E-state index is -1.20. The summed E-state index contributed by atoms with van der Waals surface area (Å²) >= 11 is 5.74. The van der Waals surface area contributed by atoms with Gasteiger partial charge in [-0.25, -0.2) is 14.1 Å². The molecule has 4 amide bonds. The Morgan fingerprint density at radius 2 is 1.83 bits per heavy atom. The Morgan fingerprint density at radius 3 is 2.41 bits per heavy atom. The molecule has 1 heterocycles. The van der Waals surface area contributed by atoms with Gasteiger partial charge in [0.1, 0.15) is 23.2 Å². The number of carbonyl (C=O) groups is 3. The second-order valence-corrected chi connectivity index (χ2v) is 6.51. The Kier molecular flexibility index (Phi) is 5.88. The van der Waals surface area contributed by atoms with E-state index in [2.05, 4.69) is 10.6 Å². The van der Waals surface area contributed by atoms with Gasteiger partial charge in [-0.05, 0) is 18.2 Å². The number of nitrogens with one attached hydrogen (secondary N) is 2. The molecular formula is C19H17ClFN3O5. The van der Waals surface area contributed by atoms with E-state index in [0.29, 0.717) is 17.2 Å². The van der Waals surface area contributed by atoms with Crippen molar-refractivity contribution in [3.63, 3.8) is 0 Å². The summed E-state index contributed by atoms with van der Waals surface area (Å²) in [4.78, 5) is 38.5. The molecule has 1 unspecified atom stereocenters. The number of imide groups is 1. The van der Waals surface area contributed by atoms with Crippen molar-refractivity contribution in [3.8, 4) is 11.5 Å². The van der Waals surface area contributed by atoms with E-state index in [-0.39, 0.29) is 17.3 Å². The second-order valence-electron chi connectivity index (χ2n) is 6.10. The number of methoxy groups -OCH3 is 2. The molecule has 8 nitrogen and oxygen atoms in total. The van der Waals surface area contributed by atoms with Crippen LogP contribution in [-0.4, -0.2) is 38.6 Å². The first-order chi connectivity index (χ1) is 13.8. The van der Waals surface area contributed by atoms with E-state index in [9.17, 15) is 18.8 Å². The van der Waals surface area contributed by atoms with Gasteiger partial charge in [-0.15, -0.1) is 0 Å². The predicted octanol–water partition coefficient (Wildman–Crippen LogP) is 2.81. The van der Waals surface area contributed by atoms with Crippen LogP contribution in [0.2, 0.25) is 5.02 Å². The van der Waals surface area contributed by atoms with Gasteiger partial charge in [0.05, 0.1) is 24.9 Å². The molecule has 3 rings (SSSR count). The van der Waals surface area contributed by atoms with Crippen molar-refractivity contribution in [1.29, 1.82) is 0 Å². The molecule has 0 spiro atoms. The van der Waals surface area contributed by atoms with E-state index < -0.39 is 29.6 Å². The molecule has 1 atom stereocenters. The summed E-state index contributed by atoms with van der Waals surface area (Å²) in [7, 11) is 2.93. The number of ether oxygens (including phenoxy) is 2. The highest BCUT2D eigenvalue weighted by atomic mass is 35.5. The molecule has 1 saturated heterocycles. The summed E-state index contributed by atoms with van der Waals surface area (Å²) in [6.45, 7) is -0.184. The van der Waals surface area contributed by atoms with E-state index in [4.69, 9.17) is 21.1 Å². The van der Waals surface area contributed by atoms with E-state index in [0.717, 1.165) is 17.0 Å². The first-order valence-electron chi connectivity index (χ1n) is 8.45. The van der Waals surface area contributed by atoms with E-state index in [1.165, 1.54) is 20.3 Å². The summed E-state index contributed by atoms with van der Waals surface area (Å²) in [5.41, 5.74) is 0.409. The molecule has 0 aliphatic carbocycles. The van der Waals surface area contributed by atoms with Crippen LogP contribution < -0.4 is 25.0 Å². The number of nitrogens with zero attached hydrogens (tertiary/aromatic N) is 1. The number of urea groups is 1. The van der Waals surface area contributed by atoms with E-state index >= 15 is 0 Å². The molecule has 2 aromatic carbocycles. The summed E-state index contributed by atoms with van der Waals surface area (Å²) < 4.78 is 23.7. The Hall–Kier alpha value is -3.33. The van der Waals surface area contributed by atoms with Crippen LogP contribution in [0, 0.1) is 11.7 Å². The normalized spacial score (nSPS) is 16.3. The third-order valence-corrected chi connectivity index (χ3v) is 4.57. The number of anilines is 2.